The molecule has 0 radical (unpaired) electrons. The summed E-state index contributed by atoms with van der Waals surface area (Å²) in [6.07, 6.45) is -11.1. The normalized spacial score (nSPS) is 13.8. The van der Waals surface area contributed by atoms with Crippen molar-refractivity contribution in [2.45, 2.75) is 44.3 Å². The summed E-state index contributed by atoms with van der Waals surface area (Å²) in [5.41, 5.74) is -8.83. The maximum atomic E-state index is 14.4. The molecule has 1 atom stereocenters. The smallest absolute Gasteiger partial charge is 0.435 e. The van der Waals surface area contributed by atoms with Crippen molar-refractivity contribution < 1.29 is 44.9 Å². The van der Waals surface area contributed by atoms with Crippen LogP contribution in [0.25, 0.3) is 0 Å². The van der Waals surface area contributed by atoms with Gasteiger partial charge in [0.1, 0.15) is 5.75 Å². The Balaban J connectivity index is 2.42. The largest absolute Gasteiger partial charge is 0.616 e. The van der Waals surface area contributed by atoms with Gasteiger partial charge >= 0.3 is 18.0 Å². The number of benzene rings is 2. The van der Waals surface area contributed by atoms with E-state index in [0.717, 1.165) is 13.0 Å². The van der Waals surface area contributed by atoms with E-state index in [1.54, 1.807) is 19.9 Å². The maximum Gasteiger partial charge on any atom is 0.435 e. The second kappa shape index (κ2) is 11.0. The van der Waals surface area contributed by atoms with Gasteiger partial charge in [-0.2, -0.15) is 26.3 Å². The number of alkyl halides is 7. The quantitative estimate of drug-likeness (QED) is 0.215. The van der Waals surface area contributed by atoms with E-state index in [4.69, 9.17) is 0 Å². The van der Waals surface area contributed by atoms with Gasteiger partial charge in [-0.05, 0) is 67.1 Å². The summed E-state index contributed by atoms with van der Waals surface area (Å²) in [5, 5.41) is 5.04. The number of nitrogens with one attached hydrogen (secondary N) is 2. The van der Waals surface area contributed by atoms with Crippen LogP contribution in [-0.4, -0.2) is 46.3 Å². The number of hydrogen-bond donors (Lipinski definition) is 2. The van der Waals surface area contributed by atoms with Crippen molar-refractivity contribution in [1.29, 1.82) is 0 Å². The molecule has 2 rings (SSSR count). The van der Waals surface area contributed by atoms with Gasteiger partial charge in [-0.1, -0.05) is 29.4 Å². The number of rotatable bonds is 7. The highest BCUT2D eigenvalue weighted by atomic mass is 127. The third-order valence-electron chi connectivity index (χ3n) is 5.15. The minimum absolute atomic E-state index is 0.0400. The van der Waals surface area contributed by atoms with Crippen molar-refractivity contribution >= 4 is 51.3 Å². The van der Waals surface area contributed by atoms with Gasteiger partial charge in [0.25, 0.3) is 11.8 Å². The zero-order valence-corrected chi connectivity index (χ0v) is 22.8. The van der Waals surface area contributed by atoms with Gasteiger partial charge in [0.05, 0.1) is 22.9 Å². The number of aryl methyl sites for hydroxylation is 1. The molecule has 0 fully saturated rings. The zero-order valence-electron chi connectivity index (χ0n) is 19.8. The van der Waals surface area contributed by atoms with Gasteiger partial charge in [0.15, 0.2) is 0 Å². The van der Waals surface area contributed by atoms with Gasteiger partial charge in [-0.25, -0.2) is 4.39 Å². The molecule has 14 heteroatoms. The van der Waals surface area contributed by atoms with Crippen LogP contribution < -0.4 is 10.6 Å². The fourth-order valence-corrected chi connectivity index (χ4v) is 5.39. The average molecular weight is 666 g/mol. The Morgan fingerprint density at radius 2 is 1.54 bits per heavy atom. The minimum atomic E-state index is -6.27. The minimum Gasteiger partial charge on any atom is -0.616 e. The lowest BCUT2D eigenvalue weighted by atomic mass is 9.92. The Hall–Kier alpha value is -2.07. The fourth-order valence-electron chi connectivity index (χ4n) is 3.55. The second-order valence-electron chi connectivity index (χ2n) is 8.86. The first-order chi connectivity index (χ1) is 16.7. The number of carbonyl (C=O) groups is 2. The van der Waals surface area contributed by atoms with E-state index in [9.17, 15) is 44.9 Å². The monoisotopic (exact) mass is 666 g/mol. The van der Waals surface area contributed by atoms with E-state index in [2.05, 4.69) is 10.6 Å². The molecule has 2 N–H and O–H groups in total. The molecular formula is C23H22F7IN2O3S. The van der Waals surface area contributed by atoms with Crippen LogP contribution in [0.2, 0.25) is 0 Å². The van der Waals surface area contributed by atoms with Crippen LogP contribution in [0, 0.1) is 10.5 Å². The molecular weight excluding hydrogens is 644 g/mol. The highest BCUT2D eigenvalue weighted by Crippen LogP contribution is 2.53. The predicted octanol–water partition coefficient (Wildman–Crippen LogP) is 6.03. The van der Waals surface area contributed by atoms with Crippen LogP contribution in [0.4, 0.5) is 36.4 Å². The summed E-state index contributed by atoms with van der Waals surface area (Å²) in [7, 11) is 0. The molecule has 0 bridgehead atoms. The zero-order chi connectivity index (χ0) is 28.6. The molecule has 0 saturated heterocycles. The Morgan fingerprint density at radius 3 is 2.03 bits per heavy atom. The molecule has 2 aromatic rings. The third kappa shape index (κ3) is 6.88. The number of carbonyl (C=O) groups excluding carboxylic acids is 2. The molecule has 37 heavy (non-hydrogen) atoms. The summed E-state index contributed by atoms with van der Waals surface area (Å²) < 4.78 is 105. The van der Waals surface area contributed by atoms with Gasteiger partial charge in [-0.15, -0.1) is 0 Å². The molecule has 0 aliphatic rings. The van der Waals surface area contributed by atoms with E-state index in [1.165, 1.54) is 18.4 Å². The Morgan fingerprint density at radius 1 is 0.973 bits per heavy atom. The van der Waals surface area contributed by atoms with E-state index in [-0.39, 0.29) is 28.1 Å². The molecule has 0 aliphatic carbocycles. The van der Waals surface area contributed by atoms with E-state index >= 15 is 0 Å². The van der Waals surface area contributed by atoms with E-state index in [1.807, 2.05) is 22.6 Å². The summed E-state index contributed by atoms with van der Waals surface area (Å²) in [4.78, 5) is 26.0. The molecule has 0 aromatic heterocycles. The summed E-state index contributed by atoms with van der Waals surface area (Å²) in [6, 6.07) is 5.69. The molecule has 0 spiro atoms. The molecule has 0 aliphatic heterocycles. The van der Waals surface area contributed by atoms with Crippen LogP contribution in [0.5, 0.6) is 0 Å². The average Bonchev–Trinajstić information content (AvgIpc) is 2.71. The fraction of sp³-hybridized carbons (Fsp3) is 0.391. The number of hydrogen-bond acceptors (Lipinski definition) is 3. The van der Waals surface area contributed by atoms with Crippen molar-refractivity contribution in [1.82, 2.24) is 5.32 Å². The van der Waals surface area contributed by atoms with Crippen molar-refractivity contribution in [3.8, 4) is 0 Å². The standard InChI is InChI=1S/C23H22F7IN2O3S/c1-12-10-13(21(24,22(25,26)27)23(28,29)30)8-9-16(12)32-18(34)14-6-5-7-15(31)17(14)19(35)33-20(2,3)11-37(4)36/h5-10H,11H2,1-4H3,(H,32,34)(H,33,35). The lowest BCUT2D eigenvalue weighted by molar-refractivity contribution is -0.348. The SMILES string of the molecule is Cc1cc(C(F)(C(F)(F)F)C(F)(F)F)ccc1NC(=O)c1cccc(I)c1C(=O)NC(C)(C)C[S+](C)[O-]. The van der Waals surface area contributed by atoms with E-state index in [0.29, 0.717) is 15.7 Å². The molecule has 2 aromatic carbocycles. The van der Waals surface area contributed by atoms with Crippen molar-refractivity contribution in [3.63, 3.8) is 0 Å². The first-order valence-electron chi connectivity index (χ1n) is 10.4. The lowest BCUT2D eigenvalue weighted by Crippen LogP contribution is -2.50. The van der Waals surface area contributed by atoms with Gasteiger partial charge in [0, 0.05) is 14.8 Å². The maximum absolute atomic E-state index is 14.4. The molecule has 1 unspecified atom stereocenters. The Kier molecular flexibility index (Phi) is 9.23. The summed E-state index contributed by atoms with van der Waals surface area (Å²) in [5.74, 6) is -1.41. The summed E-state index contributed by atoms with van der Waals surface area (Å²) in [6.45, 7) is 4.38. The topological polar surface area (TPSA) is 81.3 Å². The highest BCUT2D eigenvalue weighted by Gasteiger charge is 2.73. The predicted molar refractivity (Wildman–Crippen MR) is 134 cm³/mol. The van der Waals surface area contributed by atoms with Crippen molar-refractivity contribution in [2.75, 3.05) is 17.3 Å². The highest BCUT2D eigenvalue weighted by molar-refractivity contribution is 14.1. The molecule has 204 valence electrons. The third-order valence-corrected chi connectivity index (χ3v) is 7.18. The first kappa shape index (κ1) is 31.1. The molecule has 5 nitrogen and oxygen atoms in total. The van der Waals surface area contributed by atoms with Crippen LogP contribution in [0.15, 0.2) is 36.4 Å². The van der Waals surface area contributed by atoms with Crippen LogP contribution in [0.1, 0.15) is 45.7 Å². The van der Waals surface area contributed by atoms with Gasteiger partial charge < -0.3 is 15.2 Å². The molecule has 0 heterocycles. The Labute approximate surface area is 224 Å². The number of halogens is 8. The first-order valence-corrected chi connectivity index (χ1v) is 13.2. The van der Waals surface area contributed by atoms with Crippen LogP contribution >= 0.6 is 22.6 Å². The van der Waals surface area contributed by atoms with Crippen molar-refractivity contribution in [3.05, 3.63) is 62.2 Å². The Bertz CT molecular complexity index is 1170. The molecule has 0 saturated carbocycles. The summed E-state index contributed by atoms with van der Waals surface area (Å²) >= 11 is 0.582. The lowest BCUT2D eigenvalue weighted by Gasteiger charge is -2.30. The van der Waals surface area contributed by atoms with Crippen LogP contribution in [0.3, 0.4) is 0 Å². The second-order valence-corrected chi connectivity index (χ2v) is 11.5. The van der Waals surface area contributed by atoms with E-state index < -0.39 is 52.1 Å². The van der Waals surface area contributed by atoms with Crippen LogP contribution in [-0.2, 0) is 16.8 Å². The van der Waals surface area contributed by atoms with Gasteiger partial charge in [-0.3, -0.25) is 9.59 Å². The number of anilines is 1. The van der Waals surface area contributed by atoms with Gasteiger partial charge in [0.2, 0.25) is 0 Å². The van der Waals surface area contributed by atoms with Crippen molar-refractivity contribution in [2.24, 2.45) is 0 Å². The number of amides is 2. The molecule has 2 amide bonds.